The predicted octanol–water partition coefficient (Wildman–Crippen LogP) is 2.84. The SMILES string of the molecule is COc1ccc(CN(CCC(=O)N2CCCCCC2)C(C)=O)cc1. The molecule has 1 aromatic rings. The van der Waals surface area contributed by atoms with E-state index in [1.807, 2.05) is 29.2 Å². The van der Waals surface area contributed by atoms with Gasteiger partial charge in [0.2, 0.25) is 11.8 Å². The monoisotopic (exact) mass is 332 g/mol. The predicted molar refractivity (Wildman–Crippen MR) is 93.8 cm³/mol. The molecule has 0 unspecified atom stereocenters. The Labute approximate surface area is 144 Å². The molecular weight excluding hydrogens is 304 g/mol. The van der Waals surface area contributed by atoms with Gasteiger partial charge in [-0.05, 0) is 30.5 Å². The van der Waals surface area contributed by atoms with Crippen molar-refractivity contribution in [1.82, 2.24) is 9.80 Å². The van der Waals surface area contributed by atoms with Crippen LogP contribution in [0, 0.1) is 0 Å². The lowest BCUT2D eigenvalue weighted by Gasteiger charge is -2.24. The maximum Gasteiger partial charge on any atom is 0.224 e. The lowest BCUT2D eigenvalue weighted by molar-refractivity contribution is -0.133. The third kappa shape index (κ3) is 5.55. The number of rotatable bonds is 6. The van der Waals surface area contributed by atoms with Crippen molar-refractivity contribution >= 4 is 11.8 Å². The Morgan fingerprint density at radius 1 is 1.08 bits per heavy atom. The molecule has 2 rings (SSSR count). The topological polar surface area (TPSA) is 49.9 Å². The Morgan fingerprint density at radius 3 is 2.25 bits per heavy atom. The maximum absolute atomic E-state index is 12.4. The summed E-state index contributed by atoms with van der Waals surface area (Å²) < 4.78 is 5.15. The highest BCUT2D eigenvalue weighted by atomic mass is 16.5. The Morgan fingerprint density at radius 2 is 1.71 bits per heavy atom. The number of hydrogen-bond donors (Lipinski definition) is 0. The van der Waals surface area contributed by atoms with Gasteiger partial charge in [0, 0.05) is 39.5 Å². The number of ether oxygens (including phenoxy) is 1. The van der Waals surface area contributed by atoms with Crippen LogP contribution in [0.15, 0.2) is 24.3 Å². The highest BCUT2D eigenvalue weighted by Crippen LogP contribution is 2.14. The first-order valence-electron chi connectivity index (χ1n) is 8.76. The molecule has 1 aliphatic heterocycles. The first kappa shape index (κ1) is 18.3. The minimum atomic E-state index is -0.00511. The van der Waals surface area contributed by atoms with Crippen LogP contribution in [0.4, 0.5) is 0 Å². The normalized spacial score (nSPS) is 14.8. The number of carbonyl (C=O) groups excluding carboxylic acids is 2. The van der Waals surface area contributed by atoms with Crippen LogP contribution in [0.25, 0.3) is 0 Å². The highest BCUT2D eigenvalue weighted by molar-refractivity contribution is 5.78. The van der Waals surface area contributed by atoms with E-state index in [1.54, 1.807) is 18.9 Å². The Balaban J connectivity index is 1.88. The quantitative estimate of drug-likeness (QED) is 0.805. The largest absolute Gasteiger partial charge is 0.497 e. The Bertz CT molecular complexity index is 534. The van der Waals surface area contributed by atoms with Gasteiger partial charge in [0.1, 0.15) is 5.75 Å². The fourth-order valence-electron chi connectivity index (χ4n) is 3.01. The van der Waals surface area contributed by atoms with Crippen LogP contribution in [0.5, 0.6) is 5.75 Å². The second kappa shape index (κ2) is 9.30. The molecule has 5 nitrogen and oxygen atoms in total. The van der Waals surface area contributed by atoms with E-state index in [4.69, 9.17) is 4.74 Å². The van der Waals surface area contributed by atoms with Gasteiger partial charge in [-0.3, -0.25) is 9.59 Å². The summed E-state index contributed by atoms with van der Waals surface area (Å²) in [7, 11) is 1.63. The number of nitrogens with zero attached hydrogens (tertiary/aromatic N) is 2. The zero-order valence-corrected chi connectivity index (χ0v) is 14.8. The van der Waals surface area contributed by atoms with Crippen LogP contribution in [-0.2, 0) is 16.1 Å². The molecule has 0 saturated carbocycles. The van der Waals surface area contributed by atoms with Gasteiger partial charge in [-0.1, -0.05) is 25.0 Å². The molecule has 0 aliphatic carbocycles. The van der Waals surface area contributed by atoms with E-state index >= 15 is 0 Å². The molecule has 1 heterocycles. The summed E-state index contributed by atoms with van der Waals surface area (Å²) in [6.07, 6.45) is 5.00. The van der Waals surface area contributed by atoms with Crippen molar-refractivity contribution in [3.05, 3.63) is 29.8 Å². The van der Waals surface area contributed by atoms with Crippen molar-refractivity contribution in [1.29, 1.82) is 0 Å². The van der Waals surface area contributed by atoms with E-state index in [2.05, 4.69) is 0 Å². The molecule has 0 radical (unpaired) electrons. The average Bonchev–Trinajstić information content (AvgIpc) is 2.88. The van der Waals surface area contributed by atoms with Crippen molar-refractivity contribution in [2.75, 3.05) is 26.7 Å². The van der Waals surface area contributed by atoms with Crippen molar-refractivity contribution in [2.45, 2.75) is 45.6 Å². The second-order valence-electron chi connectivity index (χ2n) is 6.33. The molecule has 0 atom stereocenters. The van der Waals surface area contributed by atoms with E-state index in [9.17, 15) is 9.59 Å². The summed E-state index contributed by atoms with van der Waals surface area (Å²) in [6.45, 7) is 4.26. The molecule has 0 spiro atoms. The number of methoxy groups -OCH3 is 1. The fourth-order valence-corrected chi connectivity index (χ4v) is 3.01. The van der Waals surface area contributed by atoms with E-state index in [-0.39, 0.29) is 11.8 Å². The van der Waals surface area contributed by atoms with Gasteiger partial charge in [0.15, 0.2) is 0 Å². The van der Waals surface area contributed by atoms with Gasteiger partial charge in [-0.25, -0.2) is 0 Å². The minimum Gasteiger partial charge on any atom is -0.497 e. The molecule has 1 saturated heterocycles. The van der Waals surface area contributed by atoms with Crippen molar-refractivity contribution < 1.29 is 14.3 Å². The van der Waals surface area contributed by atoms with Crippen LogP contribution < -0.4 is 4.74 Å². The summed E-state index contributed by atoms with van der Waals surface area (Å²) in [6, 6.07) is 7.67. The summed E-state index contributed by atoms with van der Waals surface area (Å²) in [4.78, 5) is 28.0. The molecular formula is C19H28N2O3. The van der Waals surface area contributed by atoms with Gasteiger partial charge >= 0.3 is 0 Å². The average molecular weight is 332 g/mol. The number of benzene rings is 1. The summed E-state index contributed by atoms with van der Waals surface area (Å²) >= 11 is 0. The standard InChI is InChI=1S/C19H28N2O3/c1-16(22)21(15-17-7-9-18(24-2)10-8-17)14-11-19(23)20-12-5-3-4-6-13-20/h7-10H,3-6,11-15H2,1-2H3. The summed E-state index contributed by atoms with van der Waals surface area (Å²) in [5.41, 5.74) is 1.04. The number of hydrogen-bond acceptors (Lipinski definition) is 3. The van der Waals surface area contributed by atoms with Crippen molar-refractivity contribution in [3.8, 4) is 5.75 Å². The van der Waals surface area contributed by atoms with Gasteiger partial charge in [0.25, 0.3) is 0 Å². The molecule has 1 aromatic carbocycles. The maximum atomic E-state index is 12.4. The Kier molecular flexibility index (Phi) is 7.09. The lowest BCUT2D eigenvalue weighted by Crippen LogP contribution is -2.36. The van der Waals surface area contributed by atoms with E-state index in [0.29, 0.717) is 19.5 Å². The first-order chi connectivity index (χ1) is 11.6. The molecule has 2 amide bonds. The van der Waals surface area contributed by atoms with Crippen LogP contribution in [-0.4, -0.2) is 48.4 Å². The number of carbonyl (C=O) groups is 2. The van der Waals surface area contributed by atoms with E-state index in [1.165, 1.54) is 12.8 Å². The second-order valence-corrected chi connectivity index (χ2v) is 6.33. The van der Waals surface area contributed by atoms with Gasteiger partial charge < -0.3 is 14.5 Å². The van der Waals surface area contributed by atoms with Gasteiger partial charge in [-0.15, -0.1) is 0 Å². The van der Waals surface area contributed by atoms with E-state index < -0.39 is 0 Å². The third-order valence-electron chi connectivity index (χ3n) is 4.53. The van der Waals surface area contributed by atoms with Crippen LogP contribution in [0.3, 0.4) is 0 Å². The third-order valence-corrected chi connectivity index (χ3v) is 4.53. The smallest absolute Gasteiger partial charge is 0.224 e. The summed E-state index contributed by atoms with van der Waals surface area (Å²) in [5, 5.41) is 0. The fraction of sp³-hybridized carbons (Fsp3) is 0.579. The zero-order valence-electron chi connectivity index (χ0n) is 14.8. The van der Waals surface area contributed by atoms with Crippen LogP contribution in [0.2, 0.25) is 0 Å². The van der Waals surface area contributed by atoms with Gasteiger partial charge in [-0.2, -0.15) is 0 Å². The van der Waals surface area contributed by atoms with Crippen molar-refractivity contribution in [3.63, 3.8) is 0 Å². The molecule has 24 heavy (non-hydrogen) atoms. The molecule has 0 aromatic heterocycles. The molecule has 1 aliphatic rings. The van der Waals surface area contributed by atoms with Crippen LogP contribution in [0.1, 0.15) is 44.6 Å². The molecule has 0 N–H and O–H groups in total. The lowest BCUT2D eigenvalue weighted by atomic mass is 10.2. The van der Waals surface area contributed by atoms with Gasteiger partial charge in [0.05, 0.1) is 7.11 Å². The zero-order chi connectivity index (χ0) is 17.4. The molecule has 0 bridgehead atoms. The molecule has 5 heteroatoms. The molecule has 132 valence electrons. The van der Waals surface area contributed by atoms with Crippen LogP contribution >= 0.6 is 0 Å². The number of likely N-dealkylation sites (tertiary alicyclic amines) is 1. The molecule has 1 fully saturated rings. The van der Waals surface area contributed by atoms with E-state index in [0.717, 1.165) is 37.2 Å². The van der Waals surface area contributed by atoms with Crippen molar-refractivity contribution in [2.24, 2.45) is 0 Å². The first-order valence-corrected chi connectivity index (χ1v) is 8.76. The highest BCUT2D eigenvalue weighted by Gasteiger charge is 2.17. The number of amides is 2. The Hall–Kier alpha value is -2.04. The minimum absolute atomic E-state index is 0.00511. The summed E-state index contributed by atoms with van der Waals surface area (Å²) in [5.74, 6) is 0.955.